The van der Waals surface area contributed by atoms with Gasteiger partial charge in [0.1, 0.15) is 0 Å². The number of carbonyl (C=O) groups is 1. The third kappa shape index (κ3) is 3.37. The zero-order valence-corrected chi connectivity index (χ0v) is 15.9. The maximum Gasteiger partial charge on any atom is 0.251 e. The van der Waals surface area contributed by atoms with Crippen LogP contribution in [0.4, 0.5) is 0 Å². The van der Waals surface area contributed by atoms with E-state index in [4.69, 9.17) is 0 Å². The van der Waals surface area contributed by atoms with E-state index < -0.39 is 0 Å². The van der Waals surface area contributed by atoms with Gasteiger partial charge < -0.3 is 10.6 Å². The van der Waals surface area contributed by atoms with Crippen molar-refractivity contribution in [1.29, 1.82) is 0 Å². The number of hydrogen-bond acceptors (Lipinski definition) is 3. The van der Waals surface area contributed by atoms with Gasteiger partial charge in [-0.05, 0) is 40.8 Å². The first-order valence-corrected chi connectivity index (χ1v) is 9.26. The fraction of sp³-hybridized carbons (Fsp3) is 0.381. The van der Waals surface area contributed by atoms with Crippen molar-refractivity contribution in [3.8, 4) is 11.1 Å². The molecule has 2 aromatic rings. The van der Waals surface area contributed by atoms with Crippen molar-refractivity contribution in [2.45, 2.75) is 19.4 Å². The number of nitrogens with zero attached hydrogens (tertiary/aromatic N) is 1. The average molecular weight is 372 g/mol. The lowest BCUT2D eigenvalue weighted by molar-refractivity contribution is 0.0953. The Labute approximate surface area is 161 Å². The molecule has 26 heavy (non-hydrogen) atoms. The number of rotatable bonds is 4. The van der Waals surface area contributed by atoms with Crippen LogP contribution in [0.15, 0.2) is 42.5 Å². The summed E-state index contributed by atoms with van der Waals surface area (Å²) in [5.74, 6) is 0.0275. The molecule has 2 aliphatic rings. The van der Waals surface area contributed by atoms with E-state index in [1.54, 1.807) is 0 Å². The summed E-state index contributed by atoms with van der Waals surface area (Å²) in [5, 5.41) is 6.43. The van der Waals surface area contributed by atoms with E-state index in [-0.39, 0.29) is 24.4 Å². The summed E-state index contributed by atoms with van der Waals surface area (Å²) in [6.45, 7) is 6.89. The maximum absolute atomic E-state index is 12.4. The van der Waals surface area contributed by atoms with E-state index in [2.05, 4.69) is 58.9 Å². The first-order valence-electron chi connectivity index (χ1n) is 9.26. The lowest BCUT2D eigenvalue weighted by Crippen LogP contribution is -2.45. The number of amides is 1. The van der Waals surface area contributed by atoms with Crippen LogP contribution < -0.4 is 10.6 Å². The summed E-state index contributed by atoms with van der Waals surface area (Å²) in [6.07, 6.45) is 0.950. The molecule has 0 saturated carbocycles. The van der Waals surface area contributed by atoms with Crippen molar-refractivity contribution in [2.75, 3.05) is 32.7 Å². The molecule has 1 fully saturated rings. The number of nitrogens with one attached hydrogen (secondary N) is 2. The Morgan fingerprint density at radius 2 is 1.85 bits per heavy atom. The van der Waals surface area contributed by atoms with Crippen LogP contribution in [0.3, 0.4) is 0 Å². The Bertz CT molecular complexity index is 787. The molecule has 2 N–H and O–H groups in total. The third-order valence-electron chi connectivity index (χ3n) is 5.21. The normalized spacial score (nSPS) is 18.6. The summed E-state index contributed by atoms with van der Waals surface area (Å²) >= 11 is 0. The Balaban J connectivity index is 0.00000196. The van der Waals surface area contributed by atoms with Gasteiger partial charge in [0.2, 0.25) is 0 Å². The number of hydrogen-bond donors (Lipinski definition) is 2. The van der Waals surface area contributed by atoms with Gasteiger partial charge in [-0.1, -0.05) is 37.3 Å². The van der Waals surface area contributed by atoms with E-state index in [0.717, 1.165) is 44.7 Å². The first kappa shape index (κ1) is 18.9. The minimum absolute atomic E-state index is 0. The quantitative estimate of drug-likeness (QED) is 0.867. The highest BCUT2D eigenvalue weighted by molar-refractivity contribution is 5.96. The van der Waals surface area contributed by atoms with Gasteiger partial charge >= 0.3 is 0 Å². The Hall–Kier alpha value is -1.88. The Morgan fingerprint density at radius 1 is 1.12 bits per heavy atom. The highest BCUT2D eigenvalue weighted by atomic mass is 35.5. The summed E-state index contributed by atoms with van der Waals surface area (Å²) in [5.41, 5.74) is 5.98. The molecule has 0 spiro atoms. The van der Waals surface area contributed by atoms with Crippen LogP contribution in [-0.2, 0) is 0 Å². The first-order chi connectivity index (χ1) is 12.3. The van der Waals surface area contributed by atoms with Gasteiger partial charge in [0.25, 0.3) is 5.91 Å². The van der Waals surface area contributed by atoms with Crippen LogP contribution >= 0.6 is 12.4 Å². The van der Waals surface area contributed by atoms with Crippen molar-refractivity contribution in [3.63, 3.8) is 0 Å². The van der Waals surface area contributed by atoms with Gasteiger partial charge in [-0.3, -0.25) is 9.69 Å². The highest BCUT2D eigenvalue weighted by Crippen LogP contribution is 2.46. The average Bonchev–Trinajstić information content (AvgIpc) is 3.00. The van der Waals surface area contributed by atoms with Crippen LogP contribution in [0.2, 0.25) is 0 Å². The van der Waals surface area contributed by atoms with Crippen LogP contribution in [0.25, 0.3) is 11.1 Å². The number of halogens is 1. The summed E-state index contributed by atoms with van der Waals surface area (Å²) < 4.78 is 0. The molecule has 0 radical (unpaired) electrons. The summed E-state index contributed by atoms with van der Waals surface area (Å²) in [6, 6.07) is 15.1. The number of benzene rings is 2. The second kappa shape index (κ2) is 8.21. The maximum atomic E-state index is 12.4. The molecule has 0 bridgehead atoms. The molecule has 5 heteroatoms. The molecule has 1 amide bonds. The van der Waals surface area contributed by atoms with E-state index >= 15 is 0 Å². The smallest absolute Gasteiger partial charge is 0.251 e. The van der Waals surface area contributed by atoms with Crippen molar-refractivity contribution in [2.24, 2.45) is 0 Å². The Morgan fingerprint density at radius 3 is 2.62 bits per heavy atom. The lowest BCUT2D eigenvalue weighted by atomic mass is 10.00. The molecular formula is C21H26ClN3O. The molecule has 1 heterocycles. The van der Waals surface area contributed by atoms with E-state index in [1.807, 2.05) is 6.07 Å². The van der Waals surface area contributed by atoms with Gasteiger partial charge in [-0.25, -0.2) is 0 Å². The molecule has 1 saturated heterocycles. The van der Waals surface area contributed by atoms with Gasteiger partial charge in [-0.15, -0.1) is 12.4 Å². The van der Waals surface area contributed by atoms with Gasteiger partial charge in [0.05, 0.1) is 6.04 Å². The third-order valence-corrected chi connectivity index (χ3v) is 5.21. The van der Waals surface area contributed by atoms with Gasteiger partial charge in [-0.2, -0.15) is 0 Å². The van der Waals surface area contributed by atoms with E-state index in [0.29, 0.717) is 0 Å². The predicted molar refractivity (Wildman–Crippen MR) is 108 cm³/mol. The molecule has 1 aliphatic carbocycles. The second-order valence-corrected chi connectivity index (χ2v) is 6.83. The van der Waals surface area contributed by atoms with E-state index in [1.165, 1.54) is 22.3 Å². The summed E-state index contributed by atoms with van der Waals surface area (Å²) in [4.78, 5) is 15.0. The van der Waals surface area contributed by atoms with Gasteiger partial charge in [0, 0.05) is 38.3 Å². The van der Waals surface area contributed by atoms with Crippen molar-refractivity contribution in [3.05, 3.63) is 59.2 Å². The molecule has 4 nitrogen and oxygen atoms in total. The second-order valence-electron chi connectivity index (χ2n) is 6.83. The minimum atomic E-state index is 0. The zero-order chi connectivity index (χ0) is 17.2. The topological polar surface area (TPSA) is 44.4 Å². The van der Waals surface area contributed by atoms with Crippen LogP contribution in [0.5, 0.6) is 0 Å². The van der Waals surface area contributed by atoms with Crippen LogP contribution in [0, 0.1) is 0 Å². The van der Waals surface area contributed by atoms with Crippen LogP contribution in [0.1, 0.15) is 40.9 Å². The number of carbonyl (C=O) groups excluding carboxylic acids is 1. The molecule has 1 atom stereocenters. The van der Waals surface area contributed by atoms with E-state index in [9.17, 15) is 4.79 Å². The molecule has 4 rings (SSSR count). The largest absolute Gasteiger partial charge is 0.352 e. The standard InChI is InChI=1S/C21H25N3O.ClH/c1-2-9-23-21(25)15-7-8-17-16-5-3-4-6-18(16)20(19(17)14-15)24-12-10-22-11-13-24;/h3-8,14,20,22H,2,9-13H2,1H3,(H,23,25);1H. The fourth-order valence-corrected chi connectivity index (χ4v) is 4.00. The molecule has 2 aromatic carbocycles. The molecular weight excluding hydrogens is 346 g/mol. The van der Waals surface area contributed by atoms with Crippen molar-refractivity contribution < 1.29 is 4.79 Å². The minimum Gasteiger partial charge on any atom is -0.352 e. The molecule has 138 valence electrons. The van der Waals surface area contributed by atoms with Crippen LogP contribution in [-0.4, -0.2) is 43.5 Å². The van der Waals surface area contributed by atoms with Gasteiger partial charge in [0.15, 0.2) is 0 Å². The van der Waals surface area contributed by atoms with Crippen molar-refractivity contribution >= 4 is 18.3 Å². The van der Waals surface area contributed by atoms with Crippen molar-refractivity contribution in [1.82, 2.24) is 15.5 Å². The zero-order valence-electron chi connectivity index (χ0n) is 15.1. The predicted octanol–water partition coefficient (Wildman–Crippen LogP) is 3.22. The molecule has 1 unspecified atom stereocenters. The molecule has 0 aromatic heterocycles. The number of fused-ring (bicyclic) bond motifs is 3. The fourth-order valence-electron chi connectivity index (χ4n) is 4.00. The monoisotopic (exact) mass is 371 g/mol. The molecule has 1 aliphatic heterocycles. The Kier molecular flexibility index (Phi) is 5.97. The highest BCUT2D eigenvalue weighted by Gasteiger charge is 2.33. The SMILES string of the molecule is CCCNC(=O)c1ccc2c(c1)C(N1CCNCC1)c1ccccc1-2.Cl. The number of piperazine rings is 1. The lowest BCUT2D eigenvalue weighted by Gasteiger charge is -2.34. The summed E-state index contributed by atoms with van der Waals surface area (Å²) in [7, 11) is 0.